The van der Waals surface area contributed by atoms with E-state index in [1.165, 1.54) is 12.1 Å². The second kappa shape index (κ2) is 8.34. The topological polar surface area (TPSA) is 43.6 Å². The Bertz CT molecular complexity index is 1190. The molecule has 1 heterocycles. The van der Waals surface area contributed by atoms with Crippen molar-refractivity contribution in [1.82, 2.24) is 4.57 Å². The molecule has 31 heavy (non-hydrogen) atoms. The van der Waals surface area contributed by atoms with Gasteiger partial charge in [-0.3, -0.25) is 0 Å². The molecule has 0 radical (unpaired) electrons. The summed E-state index contributed by atoms with van der Waals surface area (Å²) in [5.41, 5.74) is 5.14. The molecular formula is C24H21Cl3N2O2. The lowest BCUT2D eigenvalue weighted by Gasteiger charge is -2.31. The number of hydrogen-bond acceptors (Lipinski definition) is 3. The maximum Gasteiger partial charge on any atom is 0.367 e. The minimum Gasteiger partial charge on any atom is -0.318 e. The van der Waals surface area contributed by atoms with Crippen LogP contribution < -0.4 is 0 Å². The van der Waals surface area contributed by atoms with Crippen molar-refractivity contribution in [2.45, 2.75) is 33.6 Å². The van der Waals surface area contributed by atoms with Gasteiger partial charge in [0.2, 0.25) is 0 Å². The van der Waals surface area contributed by atoms with E-state index in [0.717, 1.165) is 34.8 Å². The van der Waals surface area contributed by atoms with E-state index < -0.39 is 5.97 Å². The zero-order valence-electron chi connectivity index (χ0n) is 17.4. The van der Waals surface area contributed by atoms with Gasteiger partial charge < -0.3 is 9.40 Å². The van der Waals surface area contributed by atoms with Gasteiger partial charge in [0, 0.05) is 32.7 Å². The smallest absolute Gasteiger partial charge is 0.318 e. The number of carbonyl (C=O) groups is 1. The molecule has 0 aliphatic heterocycles. The van der Waals surface area contributed by atoms with E-state index in [1.54, 1.807) is 6.07 Å². The van der Waals surface area contributed by atoms with Crippen LogP contribution in [0.25, 0.3) is 5.69 Å². The summed E-state index contributed by atoms with van der Waals surface area (Å²) in [4.78, 5) is 17.8. The number of hydrogen-bond donors (Lipinski definition) is 0. The molecule has 0 bridgehead atoms. The molecule has 0 unspecified atom stereocenters. The van der Waals surface area contributed by atoms with Crippen LogP contribution in [-0.4, -0.2) is 16.2 Å². The fraction of sp³-hybridized carbons (Fsp3) is 0.250. The third kappa shape index (κ3) is 4.52. The molecule has 0 atom stereocenters. The first-order valence-corrected chi connectivity index (χ1v) is 11.0. The van der Waals surface area contributed by atoms with Gasteiger partial charge >= 0.3 is 5.97 Å². The van der Waals surface area contributed by atoms with Crippen LogP contribution in [0.2, 0.25) is 15.1 Å². The molecule has 0 N–H and O–H groups in total. The van der Waals surface area contributed by atoms with E-state index in [9.17, 15) is 4.79 Å². The Balaban J connectivity index is 1.71. The number of carbonyl (C=O) groups excluding carboxylic acids is 1. The van der Waals surface area contributed by atoms with Crippen LogP contribution in [0.15, 0.2) is 53.7 Å². The lowest BCUT2D eigenvalue weighted by atomic mass is 9.76. The molecule has 1 aliphatic rings. The maximum atomic E-state index is 12.5. The monoisotopic (exact) mass is 474 g/mol. The lowest BCUT2D eigenvalue weighted by molar-refractivity contribution is 0.0514. The van der Waals surface area contributed by atoms with E-state index >= 15 is 0 Å². The van der Waals surface area contributed by atoms with Crippen LogP contribution in [0, 0.1) is 12.3 Å². The zero-order valence-corrected chi connectivity index (χ0v) is 19.6. The van der Waals surface area contributed by atoms with Gasteiger partial charge in [0.05, 0.1) is 16.3 Å². The molecule has 4 nitrogen and oxygen atoms in total. The summed E-state index contributed by atoms with van der Waals surface area (Å²) < 4.78 is 2.21. The number of rotatable bonds is 3. The number of halogens is 3. The molecule has 1 aromatic heterocycles. The Morgan fingerprint density at radius 2 is 1.68 bits per heavy atom. The van der Waals surface area contributed by atoms with Gasteiger partial charge in [-0.2, -0.15) is 0 Å². The van der Waals surface area contributed by atoms with Crippen molar-refractivity contribution < 1.29 is 9.63 Å². The number of fused-ring (bicyclic) bond motifs is 1. The first-order valence-electron chi connectivity index (χ1n) is 9.85. The SMILES string of the molecule is Cc1cc2c(n1-c1ccc(Cl)cc1)CC(C)(C)C/C2=N\OC(=O)c1ccc(Cl)cc1Cl. The van der Waals surface area contributed by atoms with Crippen LogP contribution in [0.3, 0.4) is 0 Å². The third-order valence-electron chi connectivity index (χ3n) is 5.36. The summed E-state index contributed by atoms with van der Waals surface area (Å²) in [7, 11) is 0. The van der Waals surface area contributed by atoms with Gasteiger partial charge in [0.1, 0.15) is 0 Å². The van der Waals surface area contributed by atoms with E-state index in [-0.39, 0.29) is 16.0 Å². The number of aromatic nitrogens is 1. The van der Waals surface area contributed by atoms with E-state index in [1.807, 2.05) is 24.3 Å². The van der Waals surface area contributed by atoms with Crippen molar-refractivity contribution in [2.24, 2.45) is 10.6 Å². The van der Waals surface area contributed by atoms with Gasteiger partial charge in [-0.15, -0.1) is 0 Å². The lowest BCUT2D eigenvalue weighted by Crippen LogP contribution is -2.28. The predicted octanol–water partition coefficient (Wildman–Crippen LogP) is 7.28. The summed E-state index contributed by atoms with van der Waals surface area (Å²) in [6.45, 7) is 6.41. The predicted molar refractivity (Wildman–Crippen MR) is 126 cm³/mol. The van der Waals surface area contributed by atoms with Crippen LogP contribution in [0.1, 0.15) is 47.6 Å². The molecule has 4 rings (SSSR count). The Labute approximate surface area is 196 Å². The summed E-state index contributed by atoms with van der Waals surface area (Å²) in [5.74, 6) is -0.618. The van der Waals surface area contributed by atoms with Crippen molar-refractivity contribution in [3.63, 3.8) is 0 Å². The standard InChI is InChI=1S/C24H21Cl3N2O2/c1-14-10-19-21(28-31-23(30)18-9-6-16(26)11-20(18)27)12-24(2,3)13-22(19)29(14)17-7-4-15(25)5-8-17/h4-11H,12-13H2,1-3H3/b28-21+. The minimum atomic E-state index is -0.618. The molecular weight excluding hydrogens is 455 g/mol. The normalized spacial score (nSPS) is 16.3. The molecule has 0 spiro atoms. The summed E-state index contributed by atoms with van der Waals surface area (Å²) in [6, 6.07) is 14.5. The molecule has 0 saturated heterocycles. The van der Waals surface area contributed by atoms with Crippen LogP contribution in [0.4, 0.5) is 0 Å². The number of aryl methyl sites for hydroxylation is 1. The maximum absolute atomic E-state index is 12.5. The second-order valence-electron chi connectivity index (χ2n) is 8.52. The van der Waals surface area contributed by atoms with Crippen LogP contribution >= 0.6 is 34.8 Å². The Hall–Kier alpha value is -2.27. The second-order valence-corrected chi connectivity index (χ2v) is 9.80. The molecule has 7 heteroatoms. The van der Waals surface area contributed by atoms with Crippen molar-refractivity contribution in [2.75, 3.05) is 0 Å². The number of oxime groups is 1. The van der Waals surface area contributed by atoms with E-state index in [4.69, 9.17) is 39.6 Å². The molecule has 1 aliphatic carbocycles. The van der Waals surface area contributed by atoms with Crippen molar-refractivity contribution in [1.29, 1.82) is 0 Å². The fourth-order valence-electron chi connectivity index (χ4n) is 4.01. The average molecular weight is 476 g/mol. The van der Waals surface area contributed by atoms with Gasteiger partial charge in [0.25, 0.3) is 0 Å². The summed E-state index contributed by atoms with van der Waals surface area (Å²) >= 11 is 18.1. The Morgan fingerprint density at radius 3 is 2.35 bits per heavy atom. The fourth-order valence-corrected chi connectivity index (χ4v) is 4.62. The van der Waals surface area contributed by atoms with Gasteiger partial charge in [0.15, 0.2) is 0 Å². The molecule has 160 valence electrons. The Morgan fingerprint density at radius 1 is 1.00 bits per heavy atom. The van der Waals surface area contributed by atoms with Gasteiger partial charge in [-0.1, -0.05) is 53.8 Å². The van der Waals surface area contributed by atoms with Crippen LogP contribution in [0.5, 0.6) is 0 Å². The van der Waals surface area contributed by atoms with Crippen molar-refractivity contribution in [3.8, 4) is 5.69 Å². The van der Waals surface area contributed by atoms with E-state index in [2.05, 4.69) is 36.6 Å². The molecule has 0 fully saturated rings. The molecule has 0 saturated carbocycles. The minimum absolute atomic E-state index is 0.0505. The van der Waals surface area contributed by atoms with Crippen LogP contribution in [-0.2, 0) is 11.3 Å². The summed E-state index contributed by atoms with van der Waals surface area (Å²) in [6.07, 6.45) is 1.56. The highest BCUT2D eigenvalue weighted by atomic mass is 35.5. The summed E-state index contributed by atoms with van der Waals surface area (Å²) in [5, 5.41) is 5.63. The van der Waals surface area contributed by atoms with Crippen molar-refractivity contribution >= 4 is 46.5 Å². The third-order valence-corrected chi connectivity index (χ3v) is 6.16. The molecule has 0 amide bonds. The van der Waals surface area contributed by atoms with Gasteiger partial charge in [-0.05, 0) is 73.7 Å². The largest absolute Gasteiger partial charge is 0.367 e. The number of benzene rings is 2. The highest BCUT2D eigenvalue weighted by Crippen LogP contribution is 2.38. The average Bonchev–Trinajstić information content (AvgIpc) is 3.01. The Kier molecular flexibility index (Phi) is 5.91. The number of nitrogens with zero attached hydrogens (tertiary/aromatic N) is 2. The first kappa shape index (κ1) is 21.9. The van der Waals surface area contributed by atoms with Crippen molar-refractivity contribution in [3.05, 3.63) is 86.1 Å². The highest BCUT2D eigenvalue weighted by Gasteiger charge is 2.34. The molecule has 3 aromatic rings. The zero-order chi connectivity index (χ0) is 22.3. The highest BCUT2D eigenvalue weighted by molar-refractivity contribution is 6.36. The molecule has 2 aromatic carbocycles. The first-order chi connectivity index (χ1) is 14.6. The van der Waals surface area contributed by atoms with Gasteiger partial charge in [-0.25, -0.2) is 4.79 Å². The quantitative estimate of drug-likeness (QED) is 0.295. The van der Waals surface area contributed by atoms with E-state index in [0.29, 0.717) is 16.5 Å².